The predicted octanol–water partition coefficient (Wildman–Crippen LogP) is 1.15. The fourth-order valence-corrected chi connectivity index (χ4v) is 3.12. The Labute approximate surface area is 137 Å². The van der Waals surface area contributed by atoms with Gasteiger partial charge in [-0.2, -0.15) is 0 Å². The molecule has 22 heavy (non-hydrogen) atoms. The van der Waals surface area contributed by atoms with Gasteiger partial charge in [0.1, 0.15) is 11.5 Å². The molecule has 2 rings (SSSR count). The van der Waals surface area contributed by atoms with Gasteiger partial charge in [-0.1, -0.05) is 23.7 Å². The minimum atomic E-state index is -0.545. The molecule has 0 bridgehead atoms. The van der Waals surface area contributed by atoms with Crippen LogP contribution in [0.15, 0.2) is 35.7 Å². The summed E-state index contributed by atoms with van der Waals surface area (Å²) in [6.45, 7) is 0.962. The summed E-state index contributed by atoms with van der Waals surface area (Å²) < 4.78 is 0. The molecule has 2 aromatic rings. The molecule has 1 aromatic carbocycles. The molecule has 1 unspecified atom stereocenters. The number of amides is 2. The number of thiophene rings is 1. The first-order valence-corrected chi connectivity index (χ1v) is 7.94. The van der Waals surface area contributed by atoms with Crippen molar-refractivity contribution in [3.63, 3.8) is 0 Å². The number of benzene rings is 1. The van der Waals surface area contributed by atoms with Gasteiger partial charge < -0.3 is 16.0 Å². The Bertz CT molecular complexity index is 687. The fourth-order valence-electron chi connectivity index (χ4n) is 2.10. The van der Waals surface area contributed by atoms with E-state index in [1.165, 1.54) is 11.3 Å². The molecule has 2 amide bonds. The first-order valence-electron chi connectivity index (χ1n) is 6.68. The highest BCUT2D eigenvalue weighted by Gasteiger charge is 2.15. The summed E-state index contributed by atoms with van der Waals surface area (Å²) in [6.07, 6.45) is 0. The van der Waals surface area contributed by atoms with Crippen molar-refractivity contribution in [3.8, 4) is 0 Å². The van der Waals surface area contributed by atoms with Crippen molar-refractivity contribution < 1.29 is 14.5 Å². The van der Waals surface area contributed by atoms with E-state index in [1.807, 2.05) is 31.3 Å². The average molecular weight is 339 g/mol. The highest BCUT2D eigenvalue weighted by Crippen LogP contribution is 2.22. The molecule has 1 aromatic heterocycles. The van der Waals surface area contributed by atoms with E-state index in [0.29, 0.717) is 22.1 Å². The molecule has 1 atom stereocenters. The summed E-state index contributed by atoms with van der Waals surface area (Å²) in [6, 6.07) is 9.15. The van der Waals surface area contributed by atoms with E-state index in [-0.39, 0.29) is 12.5 Å². The van der Waals surface area contributed by atoms with Crippen LogP contribution in [-0.2, 0) is 11.3 Å². The molecule has 116 valence electrons. The van der Waals surface area contributed by atoms with Crippen LogP contribution in [-0.4, -0.2) is 25.4 Å². The zero-order valence-corrected chi connectivity index (χ0v) is 13.6. The van der Waals surface area contributed by atoms with Crippen molar-refractivity contribution >= 4 is 39.8 Å². The molecule has 0 aliphatic heterocycles. The summed E-state index contributed by atoms with van der Waals surface area (Å²) in [7, 11) is 1.92. The van der Waals surface area contributed by atoms with Crippen LogP contribution in [0.4, 0.5) is 5.00 Å². The number of anilines is 1. The van der Waals surface area contributed by atoms with Gasteiger partial charge in [0, 0.05) is 10.6 Å². The number of rotatable bonds is 6. The van der Waals surface area contributed by atoms with Gasteiger partial charge in [0.15, 0.2) is 6.54 Å². The first-order chi connectivity index (χ1) is 10.5. The fraction of sp³-hybridized carbons (Fsp3) is 0.200. The standard InChI is InChI=1S/C15H16ClN3O2S/c1-19(8-10-3-2-4-11(16)7-10)9-13(20)18-15-12(14(17)21)5-6-22-15/h2-7H,8-9H2,1H3,(H2,17,21)(H,18,20)/p+1. The number of primary amides is 1. The van der Waals surface area contributed by atoms with Gasteiger partial charge in [0.2, 0.25) is 0 Å². The molecule has 0 fully saturated rings. The molecule has 7 heteroatoms. The third-order valence-corrected chi connectivity index (χ3v) is 4.11. The maximum Gasteiger partial charge on any atom is 0.280 e. The minimum absolute atomic E-state index is 0.163. The lowest BCUT2D eigenvalue weighted by molar-refractivity contribution is -0.885. The van der Waals surface area contributed by atoms with Gasteiger partial charge in [-0.25, -0.2) is 0 Å². The van der Waals surface area contributed by atoms with Crippen LogP contribution in [0.3, 0.4) is 0 Å². The molecular formula is C15H17ClN3O2S+. The summed E-state index contributed by atoms with van der Waals surface area (Å²) in [5, 5.41) is 5.63. The molecule has 0 saturated carbocycles. The van der Waals surface area contributed by atoms with Crippen LogP contribution in [0.5, 0.6) is 0 Å². The van der Waals surface area contributed by atoms with E-state index in [4.69, 9.17) is 17.3 Å². The molecule has 0 radical (unpaired) electrons. The highest BCUT2D eigenvalue weighted by atomic mass is 35.5. The predicted molar refractivity (Wildman–Crippen MR) is 88.4 cm³/mol. The molecule has 0 aliphatic carbocycles. The molecule has 0 aliphatic rings. The zero-order valence-electron chi connectivity index (χ0n) is 12.1. The second-order valence-corrected chi connectivity index (χ2v) is 6.37. The topological polar surface area (TPSA) is 76.6 Å². The Kier molecular flexibility index (Phi) is 5.54. The third-order valence-electron chi connectivity index (χ3n) is 3.04. The maximum atomic E-state index is 12.0. The van der Waals surface area contributed by atoms with Gasteiger partial charge in [-0.3, -0.25) is 9.59 Å². The van der Waals surface area contributed by atoms with E-state index >= 15 is 0 Å². The third kappa shape index (κ3) is 4.56. The molecule has 5 nitrogen and oxygen atoms in total. The van der Waals surface area contributed by atoms with E-state index in [2.05, 4.69) is 5.32 Å². The van der Waals surface area contributed by atoms with Gasteiger partial charge in [0.05, 0.1) is 12.6 Å². The number of nitrogens with one attached hydrogen (secondary N) is 2. The van der Waals surface area contributed by atoms with Crippen molar-refractivity contribution in [2.75, 3.05) is 18.9 Å². The van der Waals surface area contributed by atoms with E-state index < -0.39 is 5.91 Å². The Morgan fingerprint density at radius 2 is 2.14 bits per heavy atom. The number of halogens is 1. The number of carbonyl (C=O) groups excluding carboxylic acids is 2. The zero-order chi connectivity index (χ0) is 16.1. The van der Waals surface area contributed by atoms with Crippen molar-refractivity contribution in [1.82, 2.24) is 0 Å². The molecular weight excluding hydrogens is 322 g/mol. The van der Waals surface area contributed by atoms with Crippen molar-refractivity contribution in [1.29, 1.82) is 0 Å². The average Bonchev–Trinajstić information content (AvgIpc) is 2.86. The Balaban J connectivity index is 1.91. The van der Waals surface area contributed by atoms with Crippen molar-refractivity contribution in [3.05, 3.63) is 51.9 Å². The lowest BCUT2D eigenvalue weighted by atomic mass is 10.2. The summed E-state index contributed by atoms with van der Waals surface area (Å²) in [5.41, 5.74) is 6.65. The number of nitrogens with two attached hydrogens (primary N) is 1. The molecule has 4 N–H and O–H groups in total. The van der Waals surface area contributed by atoms with Crippen LogP contribution in [0.25, 0.3) is 0 Å². The summed E-state index contributed by atoms with van der Waals surface area (Å²) >= 11 is 7.22. The van der Waals surface area contributed by atoms with E-state index in [1.54, 1.807) is 11.4 Å². The number of carbonyl (C=O) groups is 2. The second kappa shape index (κ2) is 7.40. The van der Waals surface area contributed by atoms with Gasteiger partial charge in [-0.05, 0) is 23.6 Å². The molecule has 0 spiro atoms. The Hall–Kier alpha value is -1.89. The second-order valence-electron chi connectivity index (χ2n) is 5.02. The monoisotopic (exact) mass is 338 g/mol. The smallest absolute Gasteiger partial charge is 0.280 e. The SMILES string of the molecule is C[NH+](CC(=O)Nc1sccc1C(N)=O)Cc1cccc(Cl)c1. The number of hydrogen-bond acceptors (Lipinski definition) is 3. The maximum absolute atomic E-state index is 12.0. The van der Waals surface area contributed by atoms with Gasteiger partial charge in [0.25, 0.3) is 11.8 Å². The summed E-state index contributed by atoms with van der Waals surface area (Å²) in [4.78, 5) is 24.3. The lowest BCUT2D eigenvalue weighted by Crippen LogP contribution is -3.08. The molecule has 1 heterocycles. The van der Waals surface area contributed by atoms with Crippen molar-refractivity contribution in [2.45, 2.75) is 6.54 Å². The summed E-state index contributed by atoms with van der Waals surface area (Å²) in [5.74, 6) is -0.708. The number of likely N-dealkylation sites (N-methyl/N-ethyl adjacent to an activating group) is 1. The largest absolute Gasteiger partial charge is 0.366 e. The van der Waals surface area contributed by atoms with Crippen molar-refractivity contribution in [2.24, 2.45) is 5.73 Å². The first kappa shape index (κ1) is 16.5. The van der Waals surface area contributed by atoms with Crippen LogP contribution in [0.1, 0.15) is 15.9 Å². The minimum Gasteiger partial charge on any atom is -0.366 e. The lowest BCUT2D eigenvalue weighted by Gasteiger charge is -2.14. The molecule has 0 saturated heterocycles. The number of hydrogen-bond donors (Lipinski definition) is 3. The number of quaternary nitrogens is 1. The highest BCUT2D eigenvalue weighted by molar-refractivity contribution is 7.14. The Morgan fingerprint density at radius 3 is 2.82 bits per heavy atom. The van der Waals surface area contributed by atoms with Crippen LogP contribution in [0.2, 0.25) is 5.02 Å². The van der Waals surface area contributed by atoms with Gasteiger partial charge in [-0.15, -0.1) is 11.3 Å². The quantitative estimate of drug-likeness (QED) is 0.739. The van der Waals surface area contributed by atoms with Crippen LogP contribution >= 0.6 is 22.9 Å². The van der Waals surface area contributed by atoms with E-state index in [0.717, 1.165) is 10.5 Å². The normalized spacial score (nSPS) is 11.9. The van der Waals surface area contributed by atoms with Crippen LogP contribution in [0, 0.1) is 0 Å². The van der Waals surface area contributed by atoms with Gasteiger partial charge >= 0.3 is 0 Å². The van der Waals surface area contributed by atoms with E-state index in [9.17, 15) is 9.59 Å². The van der Waals surface area contributed by atoms with Crippen LogP contribution < -0.4 is 16.0 Å². The Morgan fingerprint density at radius 1 is 1.36 bits per heavy atom.